The van der Waals surface area contributed by atoms with Gasteiger partial charge in [0, 0.05) is 32.2 Å². The molecule has 1 saturated carbocycles. The number of nitrogens with one attached hydrogen (secondary N) is 1. The predicted octanol–water partition coefficient (Wildman–Crippen LogP) is 1.64. The number of rotatable bonds is 6. The minimum atomic E-state index is -0.0602. The Hall–Kier alpha value is -1.14. The Balaban J connectivity index is 1.60. The summed E-state index contributed by atoms with van der Waals surface area (Å²) in [6.07, 6.45) is 9.45. The number of nitrogens with zero attached hydrogens (tertiary/aromatic N) is 2. The maximum atomic E-state index is 12.9. The molecule has 0 radical (unpaired) electrons. The first-order valence-corrected chi connectivity index (χ1v) is 10.4. The van der Waals surface area contributed by atoms with Gasteiger partial charge in [-0.2, -0.15) is 0 Å². The van der Waals surface area contributed by atoms with E-state index in [0.717, 1.165) is 32.5 Å². The van der Waals surface area contributed by atoms with Crippen molar-refractivity contribution < 1.29 is 14.3 Å². The molecule has 1 atom stereocenters. The summed E-state index contributed by atoms with van der Waals surface area (Å²) in [4.78, 5) is 30.0. The molecule has 6 heteroatoms. The second kappa shape index (κ2) is 9.18. The lowest BCUT2D eigenvalue weighted by Crippen LogP contribution is -2.41. The van der Waals surface area contributed by atoms with E-state index >= 15 is 0 Å². The first kappa shape index (κ1) is 19.6. The molecule has 2 heterocycles. The SMILES string of the molecule is COCCNC(=O)C1CN(C(=O)CN2CCCCCC2)CC12CCCC2. The van der Waals surface area contributed by atoms with Gasteiger partial charge in [0.2, 0.25) is 11.8 Å². The molecule has 1 spiro atoms. The topological polar surface area (TPSA) is 61.9 Å². The van der Waals surface area contributed by atoms with Crippen molar-refractivity contribution in [3.05, 3.63) is 0 Å². The standard InChI is InChI=1S/C20H35N3O3/c1-26-13-10-21-19(25)17-14-23(16-20(17)8-4-5-9-20)18(24)15-22-11-6-2-3-7-12-22/h17H,2-16H2,1H3,(H,21,25). The summed E-state index contributed by atoms with van der Waals surface area (Å²) >= 11 is 0. The van der Waals surface area contributed by atoms with Crippen LogP contribution in [0.5, 0.6) is 0 Å². The lowest BCUT2D eigenvalue weighted by atomic mass is 9.76. The zero-order valence-electron chi connectivity index (χ0n) is 16.3. The molecule has 1 aliphatic carbocycles. The van der Waals surface area contributed by atoms with Crippen LogP contribution in [0.3, 0.4) is 0 Å². The third-order valence-corrected chi connectivity index (χ3v) is 6.58. The number of methoxy groups -OCH3 is 1. The van der Waals surface area contributed by atoms with Crippen LogP contribution in [0.2, 0.25) is 0 Å². The average Bonchev–Trinajstić information content (AvgIpc) is 3.17. The largest absolute Gasteiger partial charge is 0.383 e. The summed E-state index contributed by atoms with van der Waals surface area (Å²) in [6.45, 7) is 5.02. The summed E-state index contributed by atoms with van der Waals surface area (Å²) in [7, 11) is 1.64. The van der Waals surface area contributed by atoms with Crippen molar-refractivity contribution >= 4 is 11.8 Å². The van der Waals surface area contributed by atoms with Crippen LogP contribution in [0.15, 0.2) is 0 Å². The fourth-order valence-electron chi connectivity index (χ4n) is 5.09. The molecule has 6 nitrogen and oxygen atoms in total. The maximum absolute atomic E-state index is 12.9. The molecule has 0 aromatic heterocycles. The van der Waals surface area contributed by atoms with Crippen LogP contribution in [0.25, 0.3) is 0 Å². The van der Waals surface area contributed by atoms with Crippen LogP contribution in [-0.2, 0) is 14.3 Å². The van der Waals surface area contributed by atoms with Crippen LogP contribution < -0.4 is 5.32 Å². The highest BCUT2D eigenvalue weighted by molar-refractivity contribution is 5.84. The number of hydrogen-bond acceptors (Lipinski definition) is 4. The lowest BCUT2D eigenvalue weighted by molar-refractivity contribution is -0.132. The molecular formula is C20H35N3O3. The zero-order valence-corrected chi connectivity index (χ0v) is 16.3. The van der Waals surface area contributed by atoms with Gasteiger partial charge in [-0.15, -0.1) is 0 Å². The molecule has 0 bridgehead atoms. The predicted molar refractivity (Wildman–Crippen MR) is 101 cm³/mol. The monoisotopic (exact) mass is 365 g/mol. The van der Waals surface area contributed by atoms with E-state index in [2.05, 4.69) is 10.2 Å². The van der Waals surface area contributed by atoms with Gasteiger partial charge in [0.15, 0.2) is 0 Å². The minimum absolute atomic E-state index is 0.00556. The Morgan fingerprint density at radius 3 is 2.42 bits per heavy atom. The van der Waals surface area contributed by atoms with Crippen LogP contribution >= 0.6 is 0 Å². The van der Waals surface area contributed by atoms with Crippen LogP contribution in [0.1, 0.15) is 51.4 Å². The summed E-state index contributed by atoms with van der Waals surface area (Å²) in [5, 5.41) is 3.01. The number of likely N-dealkylation sites (tertiary alicyclic amines) is 2. The smallest absolute Gasteiger partial charge is 0.236 e. The third kappa shape index (κ3) is 4.58. The van der Waals surface area contributed by atoms with Gasteiger partial charge in [-0.05, 0) is 38.8 Å². The van der Waals surface area contributed by atoms with Gasteiger partial charge in [0.05, 0.1) is 19.1 Å². The van der Waals surface area contributed by atoms with Gasteiger partial charge in [0.1, 0.15) is 0 Å². The van der Waals surface area contributed by atoms with E-state index in [4.69, 9.17) is 4.74 Å². The molecule has 2 amide bonds. The van der Waals surface area contributed by atoms with Crippen molar-refractivity contribution in [3.63, 3.8) is 0 Å². The van der Waals surface area contributed by atoms with E-state index in [9.17, 15) is 9.59 Å². The lowest BCUT2D eigenvalue weighted by Gasteiger charge is -2.29. The van der Waals surface area contributed by atoms with Crippen molar-refractivity contribution in [1.82, 2.24) is 15.1 Å². The second-order valence-electron chi connectivity index (χ2n) is 8.37. The molecule has 3 aliphatic rings. The van der Waals surface area contributed by atoms with E-state index < -0.39 is 0 Å². The zero-order chi connectivity index (χ0) is 18.4. The highest BCUT2D eigenvalue weighted by Crippen LogP contribution is 2.49. The van der Waals surface area contributed by atoms with Gasteiger partial charge in [-0.3, -0.25) is 14.5 Å². The van der Waals surface area contributed by atoms with E-state index in [-0.39, 0.29) is 23.1 Å². The third-order valence-electron chi connectivity index (χ3n) is 6.58. The van der Waals surface area contributed by atoms with Crippen LogP contribution in [0, 0.1) is 11.3 Å². The molecule has 2 saturated heterocycles. The summed E-state index contributed by atoms with van der Waals surface area (Å²) in [5.74, 6) is 0.259. The highest BCUT2D eigenvalue weighted by Gasteiger charge is 2.52. The van der Waals surface area contributed by atoms with Crippen LogP contribution in [-0.4, -0.2) is 74.6 Å². The fourth-order valence-corrected chi connectivity index (χ4v) is 5.09. The number of carbonyl (C=O) groups is 2. The average molecular weight is 366 g/mol. The van der Waals surface area contributed by atoms with Crippen LogP contribution in [0.4, 0.5) is 0 Å². The molecule has 3 fully saturated rings. The molecule has 148 valence electrons. The molecule has 26 heavy (non-hydrogen) atoms. The van der Waals surface area contributed by atoms with Crippen molar-refractivity contribution in [2.24, 2.45) is 11.3 Å². The van der Waals surface area contributed by atoms with Crippen molar-refractivity contribution in [2.45, 2.75) is 51.4 Å². The number of ether oxygens (including phenoxy) is 1. The molecule has 2 aliphatic heterocycles. The fraction of sp³-hybridized carbons (Fsp3) is 0.900. The van der Waals surface area contributed by atoms with E-state index in [1.165, 1.54) is 38.5 Å². The quantitative estimate of drug-likeness (QED) is 0.727. The van der Waals surface area contributed by atoms with E-state index in [1.54, 1.807) is 7.11 Å². The first-order valence-electron chi connectivity index (χ1n) is 10.4. The Bertz CT molecular complexity index is 483. The Kier molecular flexibility index (Phi) is 6.92. The number of carbonyl (C=O) groups excluding carboxylic acids is 2. The van der Waals surface area contributed by atoms with E-state index in [0.29, 0.717) is 26.2 Å². The summed E-state index contributed by atoms with van der Waals surface area (Å²) < 4.78 is 5.04. The molecule has 1 unspecified atom stereocenters. The first-order chi connectivity index (χ1) is 12.6. The van der Waals surface area contributed by atoms with Gasteiger partial charge in [-0.1, -0.05) is 25.7 Å². The van der Waals surface area contributed by atoms with Crippen molar-refractivity contribution in [1.29, 1.82) is 0 Å². The highest BCUT2D eigenvalue weighted by atomic mass is 16.5. The van der Waals surface area contributed by atoms with E-state index in [1.807, 2.05) is 4.90 Å². The molecule has 0 aromatic rings. The molecule has 3 rings (SSSR count). The normalized spacial score (nSPS) is 26.2. The second-order valence-corrected chi connectivity index (χ2v) is 8.37. The summed E-state index contributed by atoms with van der Waals surface area (Å²) in [5.41, 5.74) is 0.00556. The maximum Gasteiger partial charge on any atom is 0.236 e. The Morgan fingerprint density at radius 1 is 1.08 bits per heavy atom. The Morgan fingerprint density at radius 2 is 1.77 bits per heavy atom. The molecule has 1 N–H and O–H groups in total. The van der Waals surface area contributed by atoms with Gasteiger partial charge in [-0.25, -0.2) is 0 Å². The van der Waals surface area contributed by atoms with Crippen molar-refractivity contribution in [3.8, 4) is 0 Å². The number of amides is 2. The Labute approximate surface area is 157 Å². The van der Waals surface area contributed by atoms with Gasteiger partial charge >= 0.3 is 0 Å². The molecule has 0 aromatic carbocycles. The van der Waals surface area contributed by atoms with Gasteiger partial charge in [0.25, 0.3) is 0 Å². The molecular weight excluding hydrogens is 330 g/mol. The number of hydrogen-bond donors (Lipinski definition) is 1. The minimum Gasteiger partial charge on any atom is -0.383 e. The van der Waals surface area contributed by atoms with Crippen molar-refractivity contribution in [2.75, 3.05) is 53.0 Å². The van der Waals surface area contributed by atoms with Gasteiger partial charge < -0.3 is 15.0 Å². The summed E-state index contributed by atoms with van der Waals surface area (Å²) in [6, 6.07) is 0.